The number of carbonyl (C=O) groups excluding carboxylic acids is 1. The molecule has 0 radical (unpaired) electrons. The molecule has 0 amide bonds. The fourth-order valence-corrected chi connectivity index (χ4v) is 9.33. The molecule has 1 fully saturated rings. The normalized spacial score (nSPS) is 22.4. The Balaban J connectivity index is 2.01. The Kier molecular flexibility index (Phi) is 6.61. The molecule has 4 nitrogen and oxygen atoms in total. The van der Waals surface area contributed by atoms with Gasteiger partial charge in [0.25, 0.3) is 8.32 Å². The molecule has 1 N–H and O–H groups in total. The van der Waals surface area contributed by atoms with Gasteiger partial charge < -0.3 is 14.3 Å². The van der Waals surface area contributed by atoms with E-state index < -0.39 is 14.4 Å². The molecule has 3 atom stereocenters. The largest absolute Gasteiger partial charge is 0.469 e. The molecule has 156 valence electrons. The van der Waals surface area contributed by atoms with Crippen molar-refractivity contribution in [3.63, 3.8) is 0 Å². The van der Waals surface area contributed by atoms with Crippen LogP contribution in [0.2, 0.25) is 5.04 Å². The molecule has 5 heteroatoms. The van der Waals surface area contributed by atoms with E-state index in [2.05, 4.69) is 69.3 Å². The monoisotopic (exact) mass is 412 g/mol. The Morgan fingerprint density at radius 2 is 1.52 bits per heavy atom. The predicted octanol–water partition coefficient (Wildman–Crippen LogP) is 3.12. The number of rotatable bonds is 6. The maximum atomic E-state index is 12.3. The molecule has 0 aromatic heterocycles. The lowest BCUT2D eigenvalue weighted by Gasteiger charge is -2.43. The van der Waals surface area contributed by atoms with Gasteiger partial charge in [-0.25, -0.2) is 0 Å². The number of methoxy groups -OCH3 is 1. The fraction of sp³-hybridized carbons (Fsp3) is 0.458. The number of ether oxygens (including phenoxy) is 1. The summed E-state index contributed by atoms with van der Waals surface area (Å²) in [6, 6.07) is 20.9. The van der Waals surface area contributed by atoms with Crippen LogP contribution in [0.15, 0.2) is 60.7 Å². The summed E-state index contributed by atoms with van der Waals surface area (Å²) in [7, 11) is -1.24. The molecule has 0 saturated heterocycles. The van der Waals surface area contributed by atoms with E-state index in [9.17, 15) is 9.90 Å². The number of hydrogen-bond acceptors (Lipinski definition) is 4. The van der Waals surface area contributed by atoms with Crippen LogP contribution in [0.4, 0.5) is 0 Å². The zero-order valence-electron chi connectivity index (χ0n) is 17.8. The predicted molar refractivity (Wildman–Crippen MR) is 118 cm³/mol. The van der Waals surface area contributed by atoms with Gasteiger partial charge in [0, 0.05) is 6.61 Å². The second-order valence-corrected chi connectivity index (χ2v) is 13.3. The molecule has 0 aliphatic heterocycles. The number of aliphatic hydroxyl groups excluding tert-OH is 1. The van der Waals surface area contributed by atoms with E-state index in [1.807, 2.05) is 12.1 Å². The average Bonchev–Trinajstić information content (AvgIpc) is 3.09. The van der Waals surface area contributed by atoms with Gasteiger partial charge in [-0.1, -0.05) is 81.4 Å². The van der Waals surface area contributed by atoms with Crippen molar-refractivity contribution in [2.24, 2.45) is 11.8 Å². The zero-order valence-corrected chi connectivity index (χ0v) is 18.8. The van der Waals surface area contributed by atoms with Crippen LogP contribution in [0.3, 0.4) is 0 Å². The molecule has 0 bridgehead atoms. The van der Waals surface area contributed by atoms with Crippen LogP contribution in [-0.2, 0) is 14.0 Å². The van der Waals surface area contributed by atoms with Crippen LogP contribution in [0.5, 0.6) is 0 Å². The maximum absolute atomic E-state index is 12.3. The average molecular weight is 413 g/mol. The number of esters is 1. The molecule has 0 unspecified atom stereocenters. The van der Waals surface area contributed by atoms with Crippen molar-refractivity contribution >= 4 is 24.7 Å². The Hall–Kier alpha value is -1.95. The summed E-state index contributed by atoms with van der Waals surface area (Å²) < 4.78 is 11.9. The summed E-state index contributed by atoms with van der Waals surface area (Å²) in [6.45, 7) is 7.14. The third kappa shape index (κ3) is 4.32. The summed E-state index contributed by atoms with van der Waals surface area (Å²) in [5.74, 6) is -0.607. The molecule has 2 aromatic rings. The van der Waals surface area contributed by atoms with Gasteiger partial charge >= 0.3 is 5.97 Å². The van der Waals surface area contributed by atoms with Crippen molar-refractivity contribution in [1.29, 1.82) is 0 Å². The molecule has 29 heavy (non-hydrogen) atoms. The minimum Gasteiger partial charge on any atom is -0.469 e. The van der Waals surface area contributed by atoms with Gasteiger partial charge in [0.05, 0.1) is 19.1 Å². The Morgan fingerprint density at radius 3 is 1.97 bits per heavy atom. The van der Waals surface area contributed by atoms with Crippen molar-refractivity contribution in [2.45, 2.75) is 44.8 Å². The second kappa shape index (κ2) is 8.82. The van der Waals surface area contributed by atoms with Crippen LogP contribution in [0, 0.1) is 11.8 Å². The van der Waals surface area contributed by atoms with E-state index in [-0.39, 0.29) is 22.8 Å². The lowest BCUT2D eigenvalue weighted by molar-refractivity contribution is -0.147. The summed E-state index contributed by atoms with van der Waals surface area (Å²) >= 11 is 0. The SMILES string of the molecule is COC(=O)[C@@H]1C[C@H](O)C[C@H]1CO[Si](c1ccccc1)(c1ccccc1)C(C)(C)C. The first kappa shape index (κ1) is 21.7. The maximum Gasteiger partial charge on any atom is 0.309 e. The highest BCUT2D eigenvalue weighted by molar-refractivity contribution is 6.99. The van der Waals surface area contributed by atoms with Crippen LogP contribution in [-0.4, -0.2) is 39.2 Å². The van der Waals surface area contributed by atoms with Crippen molar-refractivity contribution in [2.75, 3.05) is 13.7 Å². The summed E-state index contributed by atoms with van der Waals surface area (Å²) in [4.78, 5) is 12.3. The Bertz CT molecular complexity index is 761. The van der Waals surface area contributed by atoms with Gasteiger partial charge in [-0.05, 0) is 34.2 Å². The molecule has 1 saturated carbocycles. The van der Waals surface area contributed by atoms with E-state index in [1.54, 1.807) is 0 Å². The molecule has 3 rings (SSSR count). The summed E-state index contributed by atoms with van der Waals surface area (Å²) in [5.41, 5.74) is 0. The first-order valence-corrected chi connectivity index (χ1v) is 12.2. The summed E-state index contributed by atoms with van der Waals surface area (Å²) in [6.07, 6.45) is 0.534. The number of hydrogen-bond donors (Lipinski definition) is 1. The van der Waals surface area contributed by atoms with Gasteiger partial charge in [-0.3, -0.25) is 4.79 Å². The molecular weight excluding hydrogens is 380 g/mol. The van der Waals surface area contributed by atoms with Crippen molar-refractivity contribution in [1.82, 2.24) is 0 Å². The van der Waals surface area contributed by atoms with Crippen molar-refractivity contribution < 1.29 is 19.1 Å². The summed E-state index contributed by atoms with van der Waals surface area (Å²) in [5, 5.41) is 12.5. The van der Waals surface area contributed by atoms with Crippen LogP contribution in [0.1, 0.15) is 33.6 Å². The van der Waals surface area contributed by atoms with Crippen molar-refractivity contribution in [3.8, 4) is 0 Å². The number of carbonyl (C=O) groups is 1. The second-order valence-electron chi connectivity index (χ2n) is 8.99. The number of benzene rings is 2. The van der Waals surface area contributed by atoms with Crippen molar-refractivity contribution in [3.05, 3.63) is 60.7 Å². The highest BCUT2D eigenvalue weighted by Gasteiger charge is 2.51. The lowest BCUT2D eigenvalue weighted by Crippen LogP contribution is -2.67. The molecule has 0 spiro atoms. The van der Waals surface area contributed by atoms with E-state index >= 15 is 0 Å². The first-order valence-electron chi connectivity index (χ1n) is 10.3. The van der Waals surface area contributed by atoms with Gasteiger partial charge in [-0.2, -0.15) is 0 Å². The molecule has 1 aliphatic carbocycles. The van der Waals surface area contributed by atoms with Crippen LogP contribution in [0.25, 0.3) is 0 Å². The van der Waals surface area contributed by atoms with Gasteiger partial charge in [0.2, 0.25) is 0 Å². The van der Waals surface area contributed by atoms with E-state index in [0.29, 0.717) is 19.4 Å². The fourth-order valence-electron chi connectivity index (χ4n) is 4.71. The lowest BCUT2D eigenvalue weighted by atomic mass is 9.97. The highest BCUT2D eigenvalue weighted by atomic mass is 28.4. The van der Waals surface area contributed by atoms with Gasteiger partial charge in [0.1, 0.15) is 0 Å². The molecule has 1 aliphatic rings. The zero-order chi connectivity index (χ0) is 21.1. The third-order valence-corrected chi connectivity index (χ3v) is 11.1. The topological polar surface area (TPSA) is 55.8 Å². The van der Waals surface area contributed by atoms with E-state index in [4.69, 9.17) is 9.16 Å². The van der Waals surface area contributed by atoms with Crippen LogP contribution >= 0.6 is 0 Å². The van der Waals surface area contributed by atoms with Crippen LogP contribution < -0.4 is 10.4 Å². The minimum atomic E-state index is -2.65. The number of aliphatic hydroxyl groups is 1. The van der Waals surface area contributed by atoms with Gasteiger partial charge in [-0.15, -0.1) is 0 Å². The minimum absolute atomic E-state index is 0.0425. The molecule has 2 aromatic carbocycles. The molecule has 0 heterocycles. The molecular formula is C24H32O4Si. The smallest absolute Gasteiger partial charge is 0.309 e. The Morgan fingerprint density at radius 1 is 1.00 bits per heavy atom. The van der Waals surface area contributed by atoms with Gasteiger partial charge in [0.15, 0.2) is 0 Å². The van der Waals surface area contributed by atoms with E-state index in [1.165, 1.54) is 17.5 Å². The first-order chi connectivity index (χ1) is 13.8. The quantitative estimate of drug-likeness (QED) is 0.585. The standard InChI is InChI=1S/C24H32O4Si/c1-24(2,3)29(20-11-7-5-8-12-20,21-13-9-6-10-14-21)28-17-18-15-19(25)16-22(18)23(26)27-4/h5-14,18-19,22,25H,15-17H2,1-4H3/t18-,19+,22+/m0/s1. The Labute approximate surface area is 175 Å². The third-order valence-electron chi connectivity index (χ3n) is 6.10. The highest BCUT2D eigenvalue weighted by Crippen LogP contribution is 2.39. The van der Waals surface area contributed by atoms with E-state index in [0.717, 1.165) is 0 Å².